The van der Waals surface area contributed by atoms with Gasteiger partial charge in [-0.15, -0.1) is 11.3 Å². The van der Waals surface area contributed by atoms with Crippen LogP contribution in [0.5, 0.6) is 0 Å². The molecule has 0 atom stereocenters. The van der Waals surface area contributed by atoms with Crippen molar-refractivity contribution in [2.45, 2.75) is 0 Å². The molecule has 0 bridgehead atoms. The first kappa shape index (κ1) is 10.2. The van der Waals surface area contributed by atoms with E-state index < -0.39 is 0 Å². The second kappa shape index (κ2) is 4.47. The molecule has 0 aliphatic carbocycles. The molecule has 0 amide bonds. The summed E-state index contributed by atoms with van der Waals surface area (Å²) in [6.45, 7) is 0. The van der Waals surface area contributed by atoms with Gasteiger partial charge in [0, 0.05) is 17.3 Å². The number of nitrogens with zero attached hydrogens (tertiary/aromatic N) is 2. The monoisotopic (exact) mass is 238 g/mol. The average molecular weight is 238 g/mol. The van der Waals surface area contributed by atoms with Gasteiger partial charge in [-0.1, -0.05) is 12.1 Å². The van der Waals surface area contributed by atoms with E-state index in [2.05, 4.69) is 33.5 Å². The molecule has 3 rings (SSSR count). The van der Waals surface area contributed by atoms with E-state index in [1.165, 1.54) is 10.4 Å². The van der Waals surface area contributed by atoms with Gasteiger partial charge in [0.1, 0.15) is 0 Å². The van der Waals surface area contributed by atoms with Crippen LogP contribution in [0.15, 0.2) is 60.2 Å². The number of thiophene rings is 1. The van der Waals surface area contributed by atoms with Gasteiger partial charge in [0.15, 0.2) is 0 Å². The Morgan fingerprint density at radius 1 is 0.824 bits per heavy atom. The lowest BCUT2D eigenvalue weighted by atomic mass is 10.1. The maximum atomic E-state index is 4.36. The van der Waals surface area contributed by atoms with Crippen LogP contribution in [0, 0.1) is 0 Å². The smallest absolute Gasteiger partial charge is 0.0892 e. The highest BCUT2D eigenvalue weighted by molar-refractivity contribution is 7.13. The van der Waals surface area contributed by atoms with Crippen molar-refractivity contribution in [1.82, 2.24) is 9.97 Å². The zero-order valence-electron chi connectivity index (χ0n) is 9.08. The summed E-state index contributed by atoms with van der Waals surface area (Å²) in [7, 11) is 0. The van der Waals surface area contributed by atoms with Gasteiger partial charge in [0.25, 0.3) is 0 Å². The summed E-state index contributed by atoms with van der Waals surface area (Å²) in [5.74, 6) is 0. The molecule has 82 valence electrons. The zero-order chi connectivity index (χ0) is 11.5. The Labute approximate surface area is 104 Å². The standard InChI is InChI=1S/C14H10N2S/c1-2-7-15-12(4-1)13-10-11(6-8-16-13)14-5-3-9-17-14/h1-10H. The molecule has 0 unspecified atom stereocenters. The first-order valence-electron chi connectivity index (χ1n) is 5.35. The zero-order valence-corrected chi connectivity index (χ0v) is 9.89. The van der Waals surface area contributed by atoms with E-state index in [9.17, 15) is 0 Å². The highest BCUT2D eigenvalue weighted by atomic mass is 32.1. The number of hydrogen-bond donors (Lipinski definition) is 0. The largest absolute Gasteiger partial charge is 0.255 e. The van der Waals surface area contributed by atoms with Crippen molar-refractivity contribution in [3.63, 3.8) is 0 Å². The minimum atomic E-state index is 0.908. The van der Waals surface area contributed by atoms with Crippen molar-refractivity contribution in [2.24, 2.45) is 0 Å². The minimum absolute atomic E-state index is 0.908. The van der Waals surface area contributed by atoms with Crippen molar-refractivity contribution < 1.29 is 0 Å². The summed E-state index contributed by atoms with van der Waals surface area (Å²) < 4.78 is 0. The molecule has 0 radical (unpaired) electrons. The molecule has 17 heavy (non-hydrogen) atoms. The van der Waals surface area contributed by atoms with Crippen LogP contribution in [-0.4, -0.2) is 9.97 Å². The van der Waals surface area contributed by atoms with E-state index in [4.69, 9.17) is 0 Å². The Balaban J connectivity index is 2.06. The predicted octanol–water partition coefficient (Wildman–Crippen LogP) is 3.87. The van der Waals surface area contributed by atoms with Crippen molar-refractivity contribution >= 4 is 11.3 Å². The van der Waals surface area contributed by atoms with Crippen LogP contribution >= 0.6 is 11.3 Å². The molecule has 0 saturated carbocycles. The number of pyridine rings is 2. The van der Waals surface area contributed by atoms with Gasteiger partial charge in [-0.05, 0) is 41.3 Å². The van der Waals surface area contributed by atoms with E-state index >= 15 is 0 Å². The van der Waals surface area contributed by atoms with Gasteiger partial charge in [-0.2, -0.15) is 0 Å². The Bertz CT molecular complexity index is 603. The Kier molecular flexibility index (Phi) is 2.68. The lowest BCUT2D eigenvalue weighted by Crippen LogP contribution is -1.86. The predicted molar refractivity (Wildman–Crippen MR) is 70.8 cm³/mol. The highest BCUT2D eigenvalue weighted by Gasteiger charge is 2.03. The SMILES string of the molecule is c1ccc(-c2cc(-c3cccs3)ccn2)nc1. The molecule has 3 heteroatoms. The summed E-state index contributed by atoms with van der Waals surface area (Å²) in [6, 6.07) is 14.1. The van der Waals surface area contributed by atoms with Crippen molar-refractivity contribution in [2.75, 3.05) is 0 Å². The molecule has 0 aliphatic rings. The normalized spacial score (nSPS) is 10.4. The van der Waals surface area contributed by atoms with E-state index in [0.29, 0.717) is 0 Å². The quantitative estimate of drug-likeness (QED) is 0.677. The summed E-state index contributed by atoms with van der Waals surface area (Å²) >= 11 is 1.73. The summed E-state index contributed by atoms with van der Waals surface area (Å²) in [5.41, 5.74) is 3.01. The molecule has 3 aromatic rings. The van der Waals surface area contributed by atoms with E-state index in [0.717, 1.165) is 11.4 Å². The fourth-order valence-electron chi connectivity index (χ4n) is 1.68. The first-order chi connectivity index (χ1) is 8.43. The maximum Gasteiger partial charge on any atom is 0.0892 e. The molecule has 0 spiro atoms. The Hall–Kier alpha value is -2.00. The molecule has 3 heterocycles. The Morgan fingerprint density at radius 3 is 2.53 bits per heavy atom. The third-order valence-corrected chi connectivity index (χ3v) is 3.41. The lowest BCUT2D eigenvalue weighted by molar-refractivity contribution is 1.25. The molecule has 3 aromatic heterocycles. The van der Waals surface area contributed by atoms with Gasteiger partial charge in [0.05, 0.1) is 11.4 Å². The van der Waals surface area contributed by atoms with Crippen molar-refractivity contribution in [3.05, 3.63) is 60.2 Å². The second-order valence-corrected chi connectivity index (χ2v) is 4.57. The van der Waals surface area contributed by atoms with Crippen LogP contribution in [0.2, 0.25) is 0 Å². The van der Waals surface area contributed by atoms with Crippen molar-refractivity contribution in [1.29, 1.82) is 0 Å². The molecule has 0 fully saturated rings. The topological polar surface area (TPSA) is 25.8 Å². The van der Waals surface area contributed by atoms with Crippen LogP contribution in [0.25, 0.3) is 21.8 Å². The summed E-state index contributed by atoms with van der Waals surface area (Å²) in [4.78, 5) is 9.93. The molecular formula is C14H10N2S. The first-order valence-corrected chi connectivity index (χ1v) is 6.23. The van der Waals surface area contributed by atoms with Gasteiger partial charge >= 0.3 is 0 Å². The molecular weight excluding hydrogens is 228 g/mol. The highest BCUT2D eigenvalue weighted by Crippen LogP contribution is 2.26. The molecule has 0 saturated heterocycles. The molecule has 0 N–H and O–H groups in total. The van der Waals surface area contributed by atoms with Crippen LogP contribution in [0.1, 0.15) is 0 Å². The van der Waals surface area contributed by atoms with Crippen LogP contribution < -0.4 is 0 Å². The summed E-state index contributed by atoms with van der Waals surface area (Å²) in [6.07, 6.45) is 3.62. The molecule has 0 aromatic carbocycles. The van der Waals surface area contributed by atoms with Gasteiger partial charge < -0.3 is 0 Å². The van der Waals surface area contributed by atoms with Gasteiger partial charge in [0.2, 0.25) is 0 Å². The van der Waals surface area contributed by atoms with Gasteiger partial charge in [-0.3, -0.25) is 9.97 Å². The number of aromatic nitrogens is 2. The van der Waals surface area contributed by atoms with E-state index in [-0.39, 0.29) is 0 Å². The van der Waals surface area contributed by atoms with E-state index in [1.807, 2.05) is 30.5 Å². The minimum Gasteiger partial charge on any atom is -0.255 e. The molecule has 2 nitrogen and oxygen atoms in total. The van der Waals surface area contributed by atoms with Crippen LogP contribution in [-0.2, 0) is 0 Å². The van der Waals surface area contributed by atoms with Crippen LogP contribution in [0.4, 0.5) is 0 Å². The molecule has 0 aliphatic heterocycles. The fraction of sp³-hybridized carbons (Fsp3) is 0. The maximum absolute atomic E-state index is 4.36. The lowest BCUT2D eigenvalue weighted by Gasteiger charge is -2.02. The fourth-order valence-corrected chi connectivity index (χ4v) is 2.40. The van der Waals surface area contributed by atoms with Crippen molar-refractivity contribution in [3.8, 4) is 21.8 Å². The van der Waals surface area contributed by atoms with E-state index in [1.54, 1.807) is 17.5 Å². The Morgan fingerprint density at radius 2 is 1.76 bits per heavy atom. The third kappa shape index (κ3) is 2.10. The van der Waals surface area contributed by atoms with Gasteiger partial charge in [-0.25, -0.2) is 0 Å². The third-order valence-electron chi connectivity index (χ3n) is 2.49. The number of hydrogen-bond acceptors (Lipinski definition) is 3. The second-order valence-electron chi connectivity index (χ2n) is 3.62. The van der Waals surface area contributed by atoms with Crippen LogP contribution in [0.3, 0.4) is 0 Å². The number of rotatable bonds is 2. The average Bonchev–Trinajstić information content (AvgIpc) is 2.94. The summed E-state index contributed by atoms with van der Waals surface area (Å²) in [5, 5.41) is 2.08.